The number of nitrogens with two attached hydrogens (primary N) is 1. The normalized spacial score (nSPS) is 10.2. The number of anilines is 1. The Balaban J connectivity index is 2.52. The van der Waals surface area contributed by atoms with Crippen LogP contribution in [0.2, 0.25) is 0 Å². The van der Waals surface area contributed by atoms with Crippen LogP contribution >= 0.6 is 11.3 Å². The van der Waals surface area contributed by atoms with Crippen LogP contribution in [0.15, 0.2) is 30.5 Å². The van der Waals surface area contributed by atoms with Gasteiger partial charge in [-0.1, -0.05) is 23.5 Å². The van der Waals surface area contributed by atoms with Crippen molar-refractivity contribution in [1.29, 1.82) is 0 Å². The number of para-hydroxylation sites is 1. The molecule has 66 valence electrons. The number of hydrogen-bond donors (Lipinski definition) is 2. The summed E-state index contributed by atoms with van der Waals surface area (Å²) in [6, 6.07) is 7.07. The molecule has 0 radical (unpaired) electrons. The maximum Gasteiger partial charge on any atom is 0.128 e. The summed E-state index contributed by atoms with van der Waals surface area (Å²) in [7, 11) is 0. The first-order valence-corrected chi connectivity index (χ1v) is 4.58. The van der Waals surface area contributed by atoms with E-state index in [1.807, 2.05) is 12.1 Å². The second-order valence-electron chi connectivity index (χ2n) is 2.58. The fourth-order valence-electron chi connectivity index (χ4n) is 1.07. The third-order valence-corrected chi connectivity index (χ3v) is 2.52. The highest BCUT2D eigenvalue weighted by atomic mass is 32.1. The topological polar surface area (TPSA) is 59.1 Å². The highest BCUT2D eigenvalue weighted by Crippen LogP contribution is 2.32. The zero-order valence-electron chi connectivity index (χ0n) is 6.77. The lowest BCUT2D eigenvalue weighted by Gasteiger charge is -1.98. The molecule has 0 aliphatic carbocycles. The van der Waals surface area contributed by atoms with E-state index in [9.17, 15) is 5.11 Å². The number of phenolic OH excluding ortho intramolecular Hbond substituents is 1. The van der Waals surface area contributed by atoms with Crippen molar-refractivity contribution in [3.05, 3.63) is 30.5 Å². The van der Waals surface area contributed by atoms with Crippen molar-refractivity contribution in [1.82, 2.24) is 4.98 Å². The first-order chi connectivity index (χ1) is 6.27. The lowest BCUT2D eigenvalue weighted by Crippen LogP contribution is -1.75. The summed E-state index contributed by atoms with van der Waals surface area (Å²) in [5, 5.41) is 10.9. The molecular weight excluding hydrogens is 184 g/mol. The lowest BCUT2D eigenvalue weighted by atomic mass is 10.2. The lowest BCUT2D eigenvalue weighted by molar-refractivity contribution is 0.477. The number of nitrogen functional groups attached to an aromatic ring is 1. The maximum atomic E-state index is 9.50. The number of thiazole rings is 1. The molecule has 3 N–H and O–H groups in total. The molecule has 3 nitrogen and oxygen atoms in total. The molecule has 13 heavy (non-hydrogen) atoms. The summed E-state index contributed by atoms with van der Waals surface area (Å²) in [5.41, 5.74) is 6.27. The van der Waals surface area contributed by atoms with Gasteiger partial charge in [-0.25, -0.2) is 4.98 Å². The molecule has 2 aromatic rings. The van der Waals surface area contributed by atoms with Gasteiger partial charge in [0.2, 0.25) is 0 Å². The molecule has 0 amide bonds. The molecule has 0 bridgehead atoms. The molecule has 0 saturated heterocycles. The van der Waals surface area contributed by atoms with Gasteiger partial charge in [-0.2, -0.15) is 0 Å². The van der Waals surface area contributed by atoms with Gasteiger partial charge in [0.15, 0.2) is 0 Å². The molecular formula is C9H8N2OS. The standard InChI is InChI=1S/C9H8N2OS/c10-8-5-11-9(13-8)6-3-1-2-4-7(6)12/h1-5,12H,10H2. The average Bonchev–Trinajstić information content (AvgIpc) is 2.53. The van der Waals surface area contributed by atoms with Gasteiger partial charge in [0.1, 0.15) is 15.8 Å². The van der Waals surface area contributed by atoms with Crippen LogP contribution in [0.4, 0.5) is 5.00 Å². The van der Waals surface area contributed by atoms with E-state index in [2.05, 4.69) is 4.98 Å². The monoisotopic (exact) mass is 192 g/mol. The van der Waals surface area contributed by atoms with Gasteiger partial charge >= 0.3 is 0 Å². The van der Waals surface area contributed by atoms with E-state index in [0.29, 0.717) is 5.00 Å². The number of nitrogens with zero attached hydrogens (tertiary/aromatic N) is 1. The quantitative estimate of drug-likeness (QED) is 0.727. The summed E-state index contributed by atoms with van der Waals surface area (Å²) in [6.07, 6.45) is 1.59. The van der Waals surface area contributed by atoms with E-state index in [1.54, 1.807) is 18.3 Å². The Morgan fingerprint density at radius 3 is 2.69 bits per heavy atom. The molecule has 2 rings (SSSR count). The third kappa shape index (κ3) is 1.48. The number of rotatable bonds is 1. The zero-order valence-corrected chi connectivity index (χ0v) is 7.58. The fourth-order valence-corrected chi connectivity index (χ4v) is 1.78. The second-order valence-corrected chi connectivity index (χ2v) is 3.65. The fraction of sp³-hybridized carbons (Fsp3) is 0. The molecule has 0 spiro atoms. The van der Waals surface area contributed by atoms with Gasteiger partial charge in [-0.15, -0.1) is 0 Å². The average molecular weight is 192 g/mol. The van der Waals surface area contributed by atoms with Crippen LogP contribution < -0.4 is 5.73 Å². The molecule has 0 aliphatic rings. The van der Waals surface area contributed by atoms with Gasteiger partial charge in [0, 0.05) is 0 Å². The van der Waals surface area contributed by atoms with Crippen molar-refractivity contribution in [2.24, 2.45) is 0 Å². The Kier molecular flexibility index (Phi) is 1.90. The van der Waals surface area contributed by atoms with E-state index in [-0.39, 0.29) is 5.75 Å². The Hall–Kier alpha value is -1.55. The van der Waals surface area contributed by atoms with Crippen LogP contribution in [-0.2, 0) is 0 Å². The van der Waals surface area contributed by atoms with Gasteiger partial charge in [-0.05, 0) is 12.1 Å². The van der Waals surface area contributed by atoms with Crippen LogP contribution in [0.5, 0.6) is 5.75 Å². The molecule has 0 atom stereocenters. The third-order valence-electron chi connectivity index (χ3n) is 1.66. The van der Waals surface area contributed by atoms with E-state index in [4.69, 9.17) is 5.73 Å². The number of aromatic hydroxyl groups is 1. The van der Waals surface area contributed by atoms with Gasteiger partial charge in [0.25, 0.3) is 0 Å². The van der Waals surface area contributed by atoms with Crippen molar-refractivity contribution < 1.29 is 5.11 Å². The van der Waals surface area contributed by atoms with Crippen LogP contribution in [0.3, 0.4) is 0 Å². The molecule has 1 aromatic heterocycles. The largest absolute Gasteiger partial charge is 0.507 e. The number of phenols is 1. The maximum absolute atomic E-state index is 9.50. The molecule has 0 fully saturated rings. The molecule has 0 saturated carbocycles. The Labute approximate surface area is 79.5 Å². The van der Waals surface area contributed by atoms with Crippen LogP contribution in [-0.4, -0.2) is 10.1 Å². The first-order valence-electron chi connectivity index (χ1n) is 3.77. The van der Waals surface area contributed by atoms with Gasteiger partial charge in [0.05, 0.1) is 11.8 Å². The van der Waals surface area contributed by atoms with E-state index < -0.39 is 0 Å². The van der Waals surface area contributed by atoms with Gasteiger partial charge < -0.3 is 10.8 Å². The minimum atomic E-state index is 0.233. The van der Waals surface area contributed by atoms with Crippen LogP contribution in [0, 0.1) is 0 Å². The molecule has 1 heterocycles. The van der Waals surface area contributed by atoms with E-state index in [0.717, 1.165) is 10.6 Å². The summed E-state index contributed by atoms with van der Waals surface area (Å²) >= 11 is 1.36. The predicted octanol–water partition coefficient (Wildman–Crippen LogP) is 2.10. The van der Waals surface area contributed by atoms with E-state index >= 15 is 0 Å². The minimum Gasteiger partial charge on any atom is -0.507 e. The SMILES string of the molecule is Nc1cnc(-c2ccccc2O)s1. The van der Waals surface area contributed by atoms with E-state index in [1.165, 1.54) is 11.3 Å². The summed E-state index contributed by atoms with van der Waals surface area (Å²) < 4.78 is 0. The van der Waals surface area contributed by atoms with Crippen molar-refractivity contribution in [3.63, 3.8) is 0 Å². The molecule has 0 unspecified atom stereocenters. The summed E-state index contributed by atoms with van der Waals surface area (Å²) in [6.45, 7) is 0. The minimum absolute atomic E-state index is 0.233. The smallest absolute Gasteiger partial charge is 0.128 e. The summed E-state index contributed by atoms with van der Waals surface area (Å²) in [4.78, 5) is 4.08. The van der Waals surface area contributed by atoms with Crippen molar-refractivity contribution in [2.45, 2.75) is 0 Å². The summed E-state index contributed by atoms with van der Waals surface area (Å²) in [5.74, 6) is 0.233. The predicted molar refractivity (Wildman–Crippen MR) is 53.6 cm³/mol. The van der Waals surface area contributed by atoms with Crippen LogP contribution in [0.1, 0.15) is 0 Å². The molecule has 1 aromatic carbocycles. The highest BCUT2D eigenvalue weighted by Gasteiger charge is 2.06. The highest BCUT2D eigenvalue weighted by molar-refractivity contribution is 7.18. The van der Waals surface area contributed by atoms with Crippen molar-refractivity contribution in [3.8, 4) is 16.3 Å². The molecule has 4 heteroatoms. The number of benzene rings is 1. The molecule has 0 aliphatic heterocycles. The Bertz CT molecular complexity index is 425. The van der Waals surface area contributed by atoms with Crippen molar-refractivity contribution in [2.75, 3.05) is 5.73 Å². The number of hydrogen-bond acceptors (Lipinski definition) is 4. The zero-order chi connectivity index (χ0) is 9.26. The Morgan fingerprint density at radius 2 is 2.08 bits per heavy atom. The first kappa shape index (κ1) is 8.07. The number of aromatic nitrogens is 1. The Morgan fingerprint density at radius 1 is 1.31 bits per heavy atom. The van der Waals surface area contributed by atoms with Crippen molar-refractivity contribution >= 4 is 16.3 Å². The second kappa shape index (κ2) is 3.06. The van der Waals surface area contributed by atoms with Gasteiger partial charge in [-0.3, -0.25) is 0 Å². The van der Waals surface area contributed by atoms with Crippen LogP contribution in [0.25, 0.3) is 10.6 Å².